The zero-order valence-corrected chi connectivity index (χ0v) is 32.1. The smallest absolute Gasteiger partial charge is 0.306 e. The molecule has 1 aromatic carbocycles. The summed E-state index contributed by atoms with van der Waals surface area (Å²) in [5.74, 6) is -0.0464. The molecule has 1 aromatic rings. The van der Waals surface area contributed by atoms with Gasteiger partial charge < -0.3 is 14.2 Å². The Bertz CT molecular complexity index is 952. The number of benzene rings is 1. The number of nitro groups is 1. The number of unbranched alkanes of at least 4 members (excludes halogenated alkanes) is 24. The van der Waals surface area contributed by atoms with Gasteiger partial charge in [-0.3, -0.25) is 19.7 Å². The van der Waals surface area contributed by atoms with Gasteiger partial charge in [0.25, 0.3) is 5.69 Å². The van der Waals surface area contributed by atoms with Crippen molar-refractivity contribution in [3.05, 3.63) is 34.4 Å². The van der Waals surface area contributed by atoms with Gasteiger partial charge in [-0.05, 0) is 25.0 Å². The molecular formula is C42H73NO7. The van der Waals surface area contributed by atoms with E-state index in [-0.39, 0.29) is 30.8 Å². The topological polar surface area (TPSA) is 105 Å². The molecule has 0 spiro atoms. The van der Waals surface area contributed by atoms with Crippen molar-refractivity contribution in [3.63, 3.8) is 0 Å². The number of hydrogen-bond acceptors (Lipinski definition) is 7. The lowest BCUT2D eigenvalue weighted by molar-refractivity contribution is -0.384. The number of nitro benzene ring substituents is 1. The first-order valence-electron chi connectivity index (χ1n) is 20.7. The molecule has 288 valence electrons. The van der Waals surface area contributed by atoms with E-state index < -0.39 is 11.0 Å². The fourth-order valence-corrected chi connectivity index (χ4v) is 6.23. The Morgan fingerprint density at radius 1 is 0.580 bits per heavy atom. The Hall–Kier alpha value is -2.64. The van der Waals surface area contributed by atoms with Crippen LogP contribution in [0, 0.1) is 10.1 Å². The average molecular weight is 704 g/mol. The highest BCUT2D eigenvalue weighted by Crippen LogP contribution is 2.19. The first-order chi connectivity index (χ1) is 24.5. The Kier molecular flexibility index (Phi) is 30.4. The maximum atomic E-state index is 12.7. The Morgan fingerprint density at radius 3 is 1.36 bits per heavy atom. The Balaban J connectivity index is 2.28. The first-order valence-corrected chi connectivity index (χ1v) is 20.7. The number of esters is 2. The number of nitrogens with zero attached hydrogens (tertiary/aromatic N) is 1. The van der Waals surface area contributed by atoms with E-state index in [1.807, 2.05) is 0 Å². The van der Waals surface area contributed by atoms with Crippen molar-refractivity contribution in [2.24, 2.45) is 0 Å². The van der Waals surface area contributed by atoms with Crippen molar-refractivity contribution < 1.29 is 28.7 Å². The van der Waals surface area contributed by atoms with Crippen molar-refractivity contribution in [2.75, 3.05) is 13.2 Å². The van der Waals surface area contributed by atoms with Crippen molar-refractivity contribution in [1.29, 1.82) is 0 Å². The van der Waals surface area contributed by atoms with E-state index >= 15 is 0 Å². The van der Waals surface area contributed by atoms with Gasteiger partial charge in [-0.15, -0.1) is 0 Å². The second kappa shape index (κ2) is 33.5. The second-order valence-electron chi connectivity index (χ2n) is 14.2. The van der Waals surface area contributed by atoms with Gasteiger partial charge in [0.05, 0.1) is 11.5 Å². The molecule has 0 aliphatic carbocycles. The van der Waals surface area contributed by atoms with Gasteiger partial charge in [-0.2, -0.15) is 0 Å². The molecule has 0 amide bonds. The summed E-state index contributed by atoms with van der Waals surface area (Å²) in [6.45, 7) is 4.74. The van der Waals surface area contributed by atoms with Gasteiger partial charge in [0.1, 0.15) is 18.5 Å². The summed E-state index contributed by atoms with van der Waals surface area (Å²) in [6, 6.07) is 5.87. The number of carbonyl (C=O) groups is 2. The van der Waals surface area contributed by atoms with Crippen LogP contribution in [0.1, 0.15) is 200 Å². The lowest BCUT2D eigenvalue weighted by Crippen LogP contribution is -2.27. The van der Waals surface area contributed by atoms with Gasteiger partial charge >= 0.3 is 11.9 Å². The maximum Gasteiger partial charge on any atom is 0.306 e. The molecule has 1 rings (SSSR count). The van der Waals surface area contributed by atoms with E-state index in [1.54, 1.807) is 12.1 Å². The monoisotopic (exact) mass is 704 g/mol. The molecule has 0 radical (unpaired) electrons. The molecule has 1 atom stereocenters. The number of ether oxygens (including phenoxy) is 3. The maximum absolute atomic E-state index is 12.7. The molecule has 0 aromatic heterocycles. The van der Waals surface area contributed by atoms with E-state index in [4.69, 9.17) is 14.2 Å². The van der Waals surface area contributed by atoms with E-state index in [1.165, 1.54) is 141 Å². The van der Waals surface area contributed by atoms with Gasteiger partial charge in [-0.25, -0.2) is 0 Å². The van der Waals surface area contributed by atoms with Crippen molar-refractivity contribution in [2.45, 2.75) is 206 Å². The summed E-state index contributed by atoms with van der Waals surface area (Å²) in [5, 5.41) is 10.9. The summed E-state index contributed by atoms with van der Waals surface area (Å²) in [6.07, 6.45) is 32.9. The summed E-state index contributed by atoms with van der Waals surface area (Å²) < 4.78 is 17.0. The van der Waals surface area contributed by atoms with Crippen molar-refractivity contribution in [1.82, 2.24) is 0 Å². The van der Waals surface area contributed by atoms with Crippen LogP contribution in [-0.2, 0) is 19.1 Å². The lowest BCUT2D eigenvalue weighted by atomic mass is 10.0. The first kappa shape index (κ1) is 45.4. The van der Waals surface area contributed by atoms with E-state index in [9.17, 15) is 19.7 Å². The minimum atomic E-state index is -0.599. The van der Waals surface area contributed by atoms with Crippen LogP contribution in [0.5, 0.6) is 5.75 Å². The molecule has 0 saturated heterocycles. The van der Waals surface area contributed by atoms with Gasteiger partial charge in [-0.1, -0.05) is 168 Å². The molecule has 50 heavy (non-hydrogen) atoms. The van der Waals surface area contributed by atoms with Crippen LogP contribution >= 0.6 is 0 Å². The molecule has 0 bridgehead atoms. The number of carbonyl (C=O) groups excluding carboxylic acids is 2. The third-order valence-electron chi connectivity index (χ3n) is 9.45. The number of non-ortho nitro benzene ring substituents is 1. The molecule has 1 unspecified atom stereocenters. The van der Waals surface area contributed by atoms with Crippen LogP contribution < -0.4 is 4.74 Å². The summed E-state index contributed by atoms with van der Waals surface area (Å²) >= 11 is 0. The molecule has 0 fully saturated rings. The van der Waals surface area contributed by atoms with Crippen molar-refractivity contribution in [3.8, 4) is 5.75 Å². The fourth-order valence-electron chi connectivity index (χ4n) is 6.23. The molecular weight excluding hydrogens is 630 g/mol. The average Bonchev–Trinajstić information content (AvgIpc) is 3.11. The summed E-state index contributed by atoms with van der Waals surface area (Å²) in [4.78, 5) is 35.6. The fraction of sp³-hybridized carbons (Fsp3) is 0.810. The van der Waals surface area contributed by atoms with Crippen molar-refractivity contribution >= 4 is 17.6 Å². The third kappa shape index (κ3) is 28.1. The van der Waals surface area contributed by atoms with Crippen LogP contribution in [0.15, 0.2) is 24.3 Å². The van der Waals surface area contributed by atoms with Gasteiger partial charge in [0.15, 0.2) is 0 Å². The molecule has 0 aliphatic heterocycles. The molecule has 0 heterocycles. The number of hydrogen-bond donors (Lipinski definition) is 0. The highest BCUT2D eigenvalue weighted by atomic mass is 16.6. The highest BCUT2D eigenvalue weighted by Gasteiger charge is 2.18. The Labute approximate surface area is 305 Å². The van der Waals surface area contributed by atoms with Crippen LogP contribution in [0.3, 0.4) is 0 Å². The van der Waals surface area contributed by atoms with E-state index in [0.717, 1.165) is 38.5 Å². The highest BCUT2D eigenvalue weighted by molar-refractivity contribution is 5.70. The Morgan fingerprint density at radius 2 is 0.960 bits per heavy atom. The van der Waals surface area contributed by atoms with Crippen LogP contribution in [-0.4, -0.2) is 36.2 Å². The predicted octanol–water partition coefficient (Wildman–Crippen LogP) is 12.8. The van der Waals surface area contributed by atoms with Crippen LogP contribution in [0.2, 0.25) is 0 Å². The zero-order chi connectivity index (χ0) is 36.3. The van der Waals surface area contributed by atoms with Gasteiger partial charge in [0, 0.05) is 31.4 Å². The SMILES string of the molecule is CCCCCCCCCCCCCCCC(=O)OCC(CCOc1ccc([N+](=O)[O-])cc1)OC(=O)CCCCCCCCCCCCCCC. The molecule has 0 saturated carbocycles. The van der Waals surface area contributed by atoms with Gasteiger partial charge in [0.2, 0.25) is 0 Å². The largest absolute Gasteiger partial charge is 0.493 e. The molecule has 8 heteroatoms. The third-order valence-corrected chi connectivity index (χ3v) is 9.45. The second-order valence-corrected chi connectivity index (χ2v) is 14.2. The normalized spacial score (nSPS) is 11.7. The van der Waals surface area contributed by atoms with E-state index in [2.05, 4.69) is 13.8 Å². The number of rotatable bonds is 36. The molecule has 0 aliphatic rings. The molecule has 8 nitrogen and oxygen atoms in total. The van der Waals surface area contributed by atoms with Crippen LogP contribution in [0.4, 0.5) is 5.69 Å². The van der Waals surface area contributed by atoms with Crippen LogP contribution in [0.25, 0.3) is 0 Å². The standard InChI is InChI=1S/C42H73NO7/c1-3-5-7-9-11-13-15-17-19-21-23-25-27-29-41(44)49-37-40(35-36-48-39-33-31-38(32-34-39)43(46)47)50-42(45)30-28-26-24-22-20-18-16-14-12-10-8-6-4-2/h31-34,40H,3-30,35-37H2,1-2H3. The zero-order valence-electron chi connectivity index (χ0n) is 32.1. The predicted molar refractivity (Wildman–Crippen MR) is 205 cm³/mol. The summed E-state index contributed by atoms with van der Waals surface area (Å²) in [5.41, 5.74) is -0.00673. The minimum absolute atomic E-state index is 0.00520. The quantitative estimate of drug-likeness (QED) is 0.0296. The lowest BCUT2D eigenvalue weighted by Gasteiger charge is -2.18. The summed E-state index contributed by atoms with van der Waals surface area (Å²) in [7, 11) is 0. The molecule has 0 N–H and O–H groups in total. The minimum Gasteiger partial charge on any atom is -0.493 e. The van der Waals surface area contributed by atoms with E-state index in [0.29, 0.717) is 25.0 Å².